The van der Waals surface area contributed by atoms with Crippen LogP contribution in [0, 0.1) is 5.92 Å². The van der Waals surface area contributed by atoms with Crippen molar-refractivity contribution in [2.45, 2.75) is 58.2 Å². The summed E-state index contributed by atoms with van der Waals surface area (Å²) in [7, 11) is 0. The van der Waals surface area contributed by atoms with Crippen molar-refractivity contribution in [2.24, 2.45) is 5.92 Å². The Morgan fingerprint density at radius 1 is 1.35 bits per heavy atom. The van der Waals surface area contributed by atoms with E-state index in [2.05, 4.69) is 10.6 Å². The molecule has 2 rings (SSSR count). The highest BCUT2D eigenvalue weighted by Gasteiger charge is 2.33. The Hall–Kier alpha value is -1.75. The summed E-state index contributed by atoms with van der Waals surface area (Å²) in [5.41, 5.74) is 0.369. The molecule has 1 aromatic rings. The van der Waals surface area contributed by atoms with Gasteiger partial charge in [0.1, 0.15) is 11.4 Å². The number of para-hydroxylation sites is 1. The van der Waals surface area contributed by atoms with Crippen LogP contribution in [0.2, 0.25) is 0 Å². The van der Waals surface area contributed by atoms with Crippen molar-refractivity contribution in [2.75, 3.05) is 6.54 Å². The van der Waals surface area contributed by atoms with Gasteiger partial charge in [-0.1, -0.05) is 18.2 Å². The van der Waals surface area contributed by atoms with Crippen LogP contribution in [0.4, 0.5) is 4.79 Å². The maximum atomic E-state index is 12.0. The zero-order valence-corrected chi connectivity index (χ0v) is 14.4. The number of nitrogens with one attached hydrogen (secondary N) is 2. The van der Waals surface area contributed by atoms with Gasteiger partial charge in [0.05, 0.1) is 0 Å². The van der Waals surface area contributed by atoms with Crippen molar-refractivity contribution in [1.82, 2.24) is 10.6 Å². The van der Waals surface area contributed by atoms with E-state index in [1.807, 2.05) is 45.9 Å². The Balaban J connectivity index is 1.88. The van der Waals surface area contributed by atoms with Gasteiger partial charge < -0.3 is 20.5 Å². The van der Waals surface area contributed by atoms with Gasteiger partial charge in [-0.2, -0.15) is 0 Å². The van der Waals surface area contributed by atoms with E-state index < -0.39 is 5.60 Å². The highest BCUT2D eigenvalue weighted by molar-refractivity contribution is 5.68. The molecule has 3 N–H and O–H groups in total. The minimum absolute atomic E-state index is 0.0119. The standard InChI is InChI=1S/C18H28N2O3/c1-12(14-7-5-6-8-16(14)21)19-11-15(13-9-10-13)20-17(22)23-18(2,3)4/h5-8,12-13,15,19,21H,9-11H2,1-4H3,(H,20,22). The molecule has 1 amide bonds. The second kappa shape index (κ2) is 7.21. The molecule has 2 atom stereocenters. The molecule has 0 saturated heterocycles. The molecule has 0 bridgehead atoms. The van der Waals surface area contributed by atoms with Crippen LogP contribution in [-0.4, -0.2) is 29.4 Å². The predicted molar refractivity (Wildman–Crippen MR) is 90.4 cm³/mol. The molecule has 1 fully saturated rings. The molecule has 2 unspecified atom stereocenters. The lowest BCUT2D eigenvalue weighted by Gasteiger charge is -2.25. The lowest BCUT2D eigenvalue weighted by molar-refractivity contribution is 0.0496. The smallest absolute Gasteiger partial charge is 0.407 e. The summed E-state index contributed by atoms with van der Waals surface area (Å²) in [5.74, 6) is 0.794. The minimum Gasteiger partial charge on any atom is -0.508 e. The number of carbonyl (C=O) groups is 1. The van der Waals surface area contributed by atoms with Gasteiger partial charge in [0, 0.05) is 24.2 Å². The van der Waals surface area contributed by atoms with Crippen molar-refractivity contribution in [3.05, 3.63) is 29.8 Å². The lowest BCUT2D eigenvalue weighted by atomic mass is 10.1. The third-order valence-corrected chi connectivity index (χ3v) is 3.94. The average Bonchev–Trinajstić information content (AvgIpc) is 3.26. The second-order valence-electron chi connectivity index (χ2n) is 7.28. The zero-order valence-electron chi connectivity index (χ0n) is 14.4. The maximum absolute atomic E-state index is 12.0. The normalized spacial score (nSPS) is 17.4. The average molecular weight is 320 g/mol. The first-order chi connectivity index (χ1) is 10.8. The Kier molecular flexibility index (Phi) is 5.52. The summed E-state index contributed by atoms with van der Waals surface area (Å²) in [4.78, 5) is 12.0. The van der Waals surface area contributed by atoms with Crippen LogP contribution in [0.5, 0.6) is 5.75 Å². The maximum Gasteiger partial charge on any atom is 0.407 e. The summed E-state index contributed by atoms with van der Waals surface area (Å²) >= 11 is 0. The van der Waals surface area contributed by atoms with Gasteiger partial charge in [-0.3, -0.25) is 0 Å². The second-order valence-corrected chi connectivity index (χ2v) is 7.28. The summed E-state index contributed by atoms with van der Waals surface area (Å²) < 4.78 is 5.34. The number of alkyl carbamates (subject to hydrolysis) is 1. The SMILES string of the molecule is CC(NCC(NC(=O)OC(C)(C)C)C1CC1)c1ccccc1O. The molecular formula is C18H28N2O3. The molecule has 0 spiro atoms. The third-order valence-electron chi connectivity index (χ3n) is 3.94. The minimum atomic E-state index is -0.491. The molecule has 0 radical (unpaired) electrons. The van der Waals surface area contributed by atoms with Crippen molar-refractivity contribution in [1.29, 1.82) is 0 Å². The Labute approximate surface area is 138 Å². The van der Waals surface area contributed by atoms with Gasteiger partial charge in [0.25, 0.3) is 0 Å². The van der Waals surface area contributed by atoms with E-state index in [4.69, 9.17) is 4.74 Å². The number of carbonyl (C=O) groups excluding carboxylic acids is 1. The highest BCUT2D eigenvalue weighted by atomic mass is 16.6. The van der Waals surface area contributed by atoms with Crippen molar-refractivity contribution in [3.63, 3.8) is 0 Å². The molecule has 1 aliphatic rings. The van der Waals surface area contributed by atoms with Gasteiger partial charge in [-0.25, -0.2) is 4.79 Å². The van der Waals surface area contributed by atoms with Crippen LogP contribution in [-0.2, 0) is 4.74 Å². The summed E-state index contributed by atoms with van der Waals surface area (Å²) in [6.07, 6.45) is 1.90. The number of amides is 1. The van der Waals surface area contributed by atoms with E-state index in [-0.39, 0.29) is 23.9 Å². The lowest BCUT2D eigenvalue weighted by Crippen LogP contribution is -2.46. The number of hydrogen-bond donors (Lipinski definition) is 3. The predicted octanol–water partition coefficient (Wildman–Crippen LogP) is 3.35. The van der Waals surface area contributed by atoms with Gasteiger partial charge in [0.15, 0.2) is 0 Å². The van der Waals surface area contributed by atoms with Gasteiger partial charge >= 0.3 is 6.09 Å². The Morgan fingerprint density at radius 3 is 2.57 bits per heavy atom. The molecule has 0 heterocycles. The molecule has 0 aromatic heterocycles. The van der Waals surface area contributed by atoms with Crippen LogP contribution in [0.1, 0.15) is 52.1 Å². The van der Waals surface area contributed by atoms with E-state index in [1.54, 1.807) is 6.07 Å². The first-order valence-electron chi connectivity index (χ1n) is 8.27. The Bertz CT molecular complexity index is 535. The van der Waals surface area contributed by atoms with Crippen LogP contribution in [0.25, 0.3) is 0 Å². The van der Waals surface area contributed by atoms with Crippen molar-refractivity contribution < 1.29 is 14.6 Å². The number of rotatable bonds is 6. The Morgan fingerprint density at radius 2 is 2.00 bits per heavy atom. The molecule has 128 valence electrons. The van der Waals surface area contributed by atoms with Crippen LogP contribution in [0.15, 0.2) is 24.3 Å². The van der Waals surface area contributed by atoms with E-state index in [9.17, 15) is 9.90 Å². The highest BCUT2D eigenvalue weighted by Crippen LogP contribution is 2.33. The van der Waals surface area contributed by atoms with Gasteiger partial charge in [-0.15, -0.1) is 0 Å². The van der Waals surface area contributed by atoms with Crippen molar-refractivity contribution in [3.8, 4) is 5.75 Å². The monoisotopic (exact) mass is 320 g/mol. The quantitative estimate of drug-likeness (QED) is 0.752. The van der Waals surface area contributed by atoms with E-state index in [1.165, 1.54) is 0 Å². The number of hydrogen-bond acceptors (Lipinski definition) is 4. The topological polar surface area (TPSA) is 70.6 Å². The molecule has 0 aliphatic heterocycles. The largest absolute Gasteiger partial charge is 0.508 e. The third kappa shape index (κ3) is 5.75. The molecule has 5 nitrogen and oxygen atoms in total. The fourth-order valence-electron chi connectivity index (χ4n) is 2.56. The van der Waals surface area contributed by atoms with E-state index in [0.717, 1.165) is 18.4 Å². The fourth-order valence-corrected chi connectivity index (χ4v) is 2.56. The van der Waals surface area contributed by atoms with Crippen molar-refractivity contribution >= 4 is 6.09 Å². The summed E-state index contributed by atoms with van der Waals surface area (Å²) in [6.45, 7) is 8.23. The van der Waals surface area contributed by atoms with E-state index >= 15 is 0 Å². The number of ether oxygens (including phenoxy) is 1. The number of phenolic OH excluding ortho intramolecular Hbond substituents is 1. The number of aromatic hydroxyl groups is 1. The van der Waals surface area contributed by atoms with Crippen LogP contribution < -0.4 is 10.6 Å². The van der Waals surface area contributed by atoms with Crippen LogP contribution in [0.3, 0.4) is 0 Å². The number of benzene rings is 1. The van der Waals surface area contributed by atoms with Crippen LogP contribution >= 0.6 is 0 Å². The fraction of sp³-hybridized carbons (Fsp3) is 0.611. The molecular weight excluding hydrogens is 292 g/mol. The summed E-state index contributed by atoms with van der Waals surface area (Å²) in [5, 5.41) is 16.3. The first-order valence-corrected chi connectivity index (χ1v) is 8.27. The molecule has 1 aromatic carbocycles. The summed E-state index contributed by atoms with van der Waals surface area (Å²) in [6, 6.07) is 7.37. The van der Waals surface area contributed by atoms with Gasteiger partial charge in [0.2, 0.25) is 0 Å². The van der Waals surface area contributed by atoms with E-state index in [0.29, 0.717) is 12.5 Å². The molecule has 5 heteroatoms. The first kappa shape index (κ1) is 17.6. The van der Waals surface area contributed by atoms with Gasteiger partial charge in [-0.05, 0) is 52.5 Å². The molecule has 1 saturated carbocycles. The zero-order chi connectivity index (χ0) is 17.0. The molecule has 1 aliphatic carbocycles. The molecule has 23 heavy (non-hydrogen) atoms. The number of phenols is 1.